The van der Waals surface area contributed by atoms with Crippen molar-refractivity contribution < 1.29 is 27.6 Å². The summed E-state index contributed by atoms with van der Waals surface area (Å²) in [6.45, 7) is 4.58. The maximum absolute atomic E-state index is 12.6. The molecule has 0 aromatic heterocycles. The summed E-state index contributed by atoms with van der Waals surface area (Å²) in [5, 5.41) is 20.1. The maximum Gasteiger partial charge on any atom is 0.416 e. The van der Waals surface area contributed by atoms with E-state index in [0.29, 0.717) is 12.1 Å². The minimum atomic E-state index is -4.78. The van der Waals surface area contributed by atoms with E-state index in [0.717, 1.165) is 6.07 Å². The van der Waals surface area contributed by atoms with E-state index in [4.69, 9.17) is 10.00 Å². The molecule has 0 saturated carbocycles. The zero-order valence-electron chi connectivity index (χ0n) is 12.5. The fourth-order valence-electron chi connectivity index (χ4n) is 1.73. The lowest BCUT2D eigenvalue weighted by Gasteiger charge is -2.21. The van der Waals surface area contributed by atoms with Crippen LogP contribution in [0, 0.1) is 21.4 Å². The third-order valence-electron chi connectivity index (χ3n) is 2.64. The summed E-state index contributed by atoms with van der Waals surface area (Å²) in [6.07, 6.45) is -4.78. The van der Waals surface area contributed by atoms with E-state index in [9.17, 15) is 28.1 Å². The first kappa shape index (κ1) is 18.4. The molecule has 124 valence electrons. The van der Waals surface area contributed by atoms with Crippen LogP contribution in [0.2, 0.25) is 0 Å². The summed E-state index contributed by atoms with van der Waals surface area (Å²) in [6, 6.07) is 3.16. The number of hydrogen-bond acceptors (Lipinski definition) is 5. The van der Waals surface area contributed by atoms with Gasteiger partial charge in [-0.2, -0.15) is 18.4 Å². The first-order chi connectivity index (χ1) is 10.4. The zero-order valence-corrected chi connectivity index (χ0v) is 12.5. The Hall–Kier alpha value is -2.63. The lowest BCUT2D eigenvalue weighted by molar-refractivity contribution is -0.385. The van der Waals surface area contributed by atoms with Crippen molar-refractivity contribution in [3.05, 3.63) is 39.4 Å². The number of carbonyl (C=O) groups excluding carboxylic acids is 1. The van der Waals surface area contributed by atoms with Gasteiger partial charge in [0.25, 0.3) is 5.69 Å². The van der Waals surface area contributed by atoms with Gasteiger partial charge in [0.15, 0.2) is 5.92 Å². The quantitative estimate of drug-likeness (QED) is 0.480. The Kier molecular flexibility index (Phi) is 5.00. The summed E-state index contributed by atoms with van der Waals surface area (Å²) < 4.78 is 42.9. The van der Waals surface area contributed by atoms with Crippen molar-refractivity contribution in [2.75, 3.05) is 0 Å². The van der Waals surface area contributed by atoms with Crippen LogP contribution < -0.4 is 0 Å². The largest absolute Gasteiger partial charge is 0.459 e. The van der Waals surface area contributed by atoms with E-state index < -0.39 is 45.4 Å². The normalized spacial score (nSPS) is 13.1. The molecule has 0 radical (unpaired) electrons. The molecule has 23 heavy (non-hydrogen) atoms. The number of nitro benzene ring substituents is 1. The second-order valence-corrected chi connectivity index (χ2v) is 5.62. The van der Waals surface area contributed by atoms with Gasteiger partial charge in [-0.1, -0.05) is 0 Å². The van der Waals surface area contributed by atoms with Crippen LogP contribution in [-0.4, -0.2) is 16.5 Å². The van der Waals surface area contributed by atoms with Crippen molar-refractivity contribution in [2.24, 2.45) is 0 Å². The highest BCUT2D eigenvalue weighted by Crippen LogP contribution is 2.36. The van der Waals surface area contributed by atoms with Crippen LogP contribution in [0.25, 0.3) is 0 Å². The topological polar surface area (TPSA) is 93.2 Å². The van der Waals surface area contributed by atoms with Crippen molar-refractivity contribution in [3.63, 3.8) is 0 Å². The van der Waals surface area contributed by atoms with Gasteiger partial charge < -0.3 is 4.74 Å². The fraction of sp³-hybridized carbons (Fsp3) is 0.429. The maximum atomic E-state index is 12.6. The second-order valence-electron chi connectivity index (χ2n) is 5.62. The lowest BCUT2D eigenvalue weighted by Crippen LogP contribution is -2.27. The van der Waals surface area contributed by atoms with Crippen molar-refractivity contribution in [1.82, 2.24) is 0 Å². The molecule has 1 aromatic carbocycles. The molecule has 0 heterocycles. The standard InChI is InChI=1S/C14H13F3N2O4/c1-13(2,3)23-12(20)10(7-18)9-5-4-8(14(15,16)17)6-11(9)19(21)22/h4-6,10H,1-3H3. The van der Waals surface area contributed by atoms with Crippen LogP contribution in [0.15, 0.2) is 18.2 Å². The van der Waals surface area contributed by atoms with Gasteiger partial charge >= 0.3 is 12.1 Å². The number of esters is 1. The lowest BCUT2D eigenvalue weighted by atomic mass is 9.96. The molecule has 1 atom stereocenters. The molecule has 0 aliphatic rings. The number of nitrogens with zero attached hydrogens (tertiary/aromatic N) is 2. The van der Waals surface area contributed by atoms with Gasteiger partial charge in [-0.3, -0.25) is 14.9 Å². The van der Waals surface area contributed by atoms with Crippen LogP contribution in [-0.2, 0) is 15.7 Å². The van der Waals surface area contributed by atoms with Crippen molar-refractivity contribution >= 4 is 11.7 Å². The van der Waals surface area contributed by atoms with Gasteiger partial charge in [0.1, 0.15) is 5.60 Å². The molecule has 0 aliphatic carbocycles. The predicted octanol–water partition coefficient (Wildman–Crippen LogP) is 3.56. The molecule has 0 saturated heterocycles. The fourth-order valence-corrected chi connectivity index (χ4v) is 1.73. The van der Waals surface area contributed by atoms with Crippen LogP contribution in [0.1, 0.15) is 37.8 Å². The number of hydrogen-bond donors (Lipinski definition) is 0. The Morgan fingerprint density at radius 3 is 2.30 bits per heavy atom. The SMILES string of the molecule is CC(C)(C)OC(=O)C(C#N)c1ccc(C(F)(F)F)cc1[N+](=O)[O-]. The average Bonchev–Trinajstić information content (AvgIpc) is 2.36. The molecule has 6 nitrogen and oxygen atoms in total. The van der Waals surface area contributed by atoms with E-state index in [2.05, 4.69) is 0 Å². The molecule has 0 amide bonds. The van der Waals surface area contributed by atoms with Crippen molar-refractivity contribution in [2.45, 2.75) is 38.5 Å². The van der Waals surface area contributed by atoms with E-state index in [-0.39, 0.29) is 0 Å². The average molecular weight is 330 g/mol. The van der Waals surface area contributed by atoms with Gasteiger partial charge in [0, 0.05) is 6.07 Å². The predicted molar refractivity (Wildman–Crippen MR) is 72.3 cm³/mol. The Labute approximate surface area is 129 Å². The van der Waals surface area contributed by atoms with Gasteiger partial charge in [-0.05, 0) is 32.9 Å². The summed E-state index contributed by atoms with van der Waals surface area (Å²) >= 11 is 0. The minimum Gasteiger partial charge on any atom is -0.459 e. The van der Waals surface area contributed by atoms with E-state index >= 15 is 0 Å². The molecule has 0 bridgehead atoms. The molecule has 1 unspecified atom stereocenters. The number of halogens is 3. The second kappa shape index (κ2) is 6.24. The molecular weight excluding hydrogens is 317 g/mol. The Morgan fingerprint density at radius 2 is 1.91 bits per heavy atom. The van der Waals surface area contributed by atoms with Gasteiger partial charge in [-0.25, -0.2) is 0 Å². The van der Waals surface area contributed by atoms with E-state index in [1.54, 1.807) is 0 Å². The van der Waals surface area contributed by atoms with Gasteiger partial charge in [-0.15, -0.1) is 0 Å². The molecule has 0 aliphatic heterocycles. The van der Waals surface area contributed by atoms with E-state index in [1.807, 2.05) is 0 Å². The molecule has 1 aromatic rings. The van der Waals surface area contributed by atoms with Crippen LogP contribution in [0.5, 0.6) is 0 Å². The van der Waals surface area contributed by atoms with Crippen LogP contribution in [0.4, 0.5) is 18.9 Å². The minimum absolute atomic E-state index is 0.296. The summed E-state index contributed by atoms with van der Waals surface area (Å²) in [7, 11) is 0. The Balaban J connectivity index is 3.37. The molecule has 0 spiro atoms. The number of benzene rings is 1. The highest BCUT2D eigenvalue weighted by molar-refractivity contribution is 5.83. The highest BCUT2D eigenvalue weighted by atomic mass is 19.4. The number of nitriles is 1. The number of ether oxygens (including phenoxy) is 1. The number of alkyl halides is 3. The van der Waals surface area contributed by atoms with E-state index in [1.165, 1.54) is 26.8 Å². The first-order valence-corrected chi connectivity index (χ1v) is 6.35. The zero-order chi connectivity index (χ0) is 18.0. The third kappa shape index (κ3) is 4.67. The molecule has 9 heteroatoms. The van der Waals surface area contributed by atoms with Gasteiger partial charge in [0.2, 0.25) is 0 Å². The summed E-state index contributed by atoms with van der Waals surface area (Å²) in [4.78, 5) is 21.9. The Morgan fingerprint density at radius 1 is 1.35 bits per heavy atom. The van der Waals surface area contributed by atoms with Crippen LogP contribution in [0.3, 0.4) is 0 Å². The monoisotopic (exact) mass is 330 g/mol. The third-order valence-corrected chi connectivity index (χ3v) is 2.64. The molecule has 0 fully saturated rings. The van der Waals surface area contributed by atoms with Crippen molar-refractivity contribution in [1.29, 1.82) is 5.26 Å². The summed E-state index contributed by atoms with van der Waals surface area (Å²) in [5.74, 6) is -2.76. The molecular formula is C14H13F3N2O4. The van der Waals surface area contributed by atoms with Gasteiger partial charge in [0.05, 0.1) is 22.1 Å². The number of nitro groups is 1. The van der Waals surface area contributed by atoms with Crippen LogP contribution >= 0.6 is 0 Å². The summed E-state index contributed by atoms with van der Waals surface area (Å²) in [5.41, 5.74) is -3.60. The molecule has 0 N–H and O–H groups in total. The number of carbonyl (C=O) groups is 1. The van der Waals surface area contributed by atoms with Crippen molar-refractivity contribution in [3.8, 4) is 6.07 Å². The Bertz CT molecular complexity index is 672. The highest BCUT2D eigenvalue weighted by Gasteiger charge is 2.36. The first-order valence-electron chi connectivity index (χ1n) is 6.35. The smallest absolute Gasteiger partial charge is 0.416 e. The number of rotatable bonds is 3. The molecule has 1 rings (SSSR count).